The van der Waals surface area contributed by atoms with E-state index in [1.807, 2.05) is 13.8 Å². The van der Waals surface area contributed by atoms with Gasteiger partial charge in [-0.1, -0.05) is 26.7 Å². The fraction of sp³-hybridized carbons (Fsp3) is 1.00. The molecule has 0 aliphatic rings. The van der Waals surface area contributed by atoms with Crippen molar-refractivity contribution in [3.63, 3.8) is 0 Å². The maximum Gasteiger partial charge on any atom is 0.0837 e. The van der Waals surface area contributed by atoms with E-state index in [-0.39, 0.29) is 18.3 Å². The van der Waals surface area contributed by atoms with Gasteiger partial charge in [0.25, 0.3) is 0 Å². The molecule has 0 bridgehead atoms. The second kappa shape index (κ2) is 7.34. The Labute approximate surface area is 82.3 Å². The molecule has 0 aromatic carbocycles. The highest BCUT2D eigenvalue weighted by atomic mass is 16.5. The van der Waals surface area contributed by atoms with Crippen LogP contribution >= 0.6 is 0 Å². The normalized spacial score (nSPS) is 16.2. The first-order valence-electron chi connectivity index (χ1n) is 5.45. The molecule has 13 heavy (non-hydrogen) atoms. The Balaban J connectivity index is 3.90. The molecule has 0 aromatic heterocycles. The third-order valence-electron chi connectivity index (χ3n) is 2.03. The first-order valence-corrected chi connectivity index (χ1v) is 5.45. The molecule has 0 aliphatic carbocycles. The fourth-order valence-corrected chi connectivity index (χ4v) is 1.47. The number of rotatable bonds is 7. The molecule has 0 saturated heterocycles. The Morgan fingerprint density at radius 1 is 1.08 bits per heavy atom. The number of aliphatic hydroxyl groups is 1. The van der Waals surface area contributed by atoms with Gasteiger partial charge in [-0.15, -0.1) is 0 Å². The lowest BCUT2D eigenvalue weighted by atomic mass is 10.0. The molecule has 2 atom stereocenters. The van der Waals surface area contributed by atoms with E-state index >= 15 is 0 Å². The molecule has 0 fully saturated rings. The van der Waals surface area contributed by atoms with Crippen LogP contribution in [0, 0.1) is 0 Å². The van der Waals surface area contributed by atoms with E-state index in [0.29, 0.717) is 0 Å². The number of ether oxygens (including phenoxy) is 1. The largest absolute Gasteiger partial charge is 0.390 e. The van der Waals surface area contributed by atoms with Crippen molar-refractivity contribution in [3.8, 4) is 0 Å². The Hall–Kier alpha value is -0.0800. The average Bonchev–Trinajstić information content (AvgIpc) is 2.03. The summed E-state index contributed by atoms with van der Waals surface area (Å²) in [6, 6.07) is 0. The summed E-state index contributed by atoms with van der Waals surface area (Å²) in [6.07, 6.45) is 3.85. The molecule has 2 nitrogen and oxygen atoms in total. The van der Waals surface area contributed by atoms with E-state index in [1.54, 1.807) is 0 Å². The molecule has 0 aliphatic heterocycles. The summed E-state index contributed by atoms with van der Waals surface area (Å²) >= 11 is 0. The summed E-state index contributed by atoms with van der Waals surface area (Å²) < 4.78 is 5.66. The zero-order chi connectivity index (χ0) is 10.3. The van der Waals surface area contributed by atoms with E-state index < -0.39 is 0 Å². The monoisotopic (exact) mass is 188 g/mol. The zero-order valence-corrected chi connectivity index (χ0v) is 9.42. The molecule has 1 N–H and O–H groups in total. The Kier molecular flexibility index (Phi) is 7.29. The van der Waals surface area contributed by atoms with Gasteiger partial charge in [0.2, 0.25) is 0 Å². The van der Waals surface area contributed by atoms with Crippen molar-refractivity contribution in [2.45, 2.75) is 71.7 Å². The summed E-state index contributed by atoms with van der Waals surface area (Å²) in [6.45, 7) is 8.24. The molecule has 2 unspecified atom stereocenters. The second-order valence-electron chi connectivity index (χ2n) is 3.87. The van der Waals surface area contributed by atoms with Gasteiger partial charge < -0.3 is 9.84 Å². The van der Waals surface area contributed by atoms with Crippen LogP contribution in [0.1, 0.15) is 53.4 Å². The van der Waals surface area contributed by atoms with E-state index in [1.165, 1.54) is 0 Å². The SMILES string of the molecule is CCCC(O)C(CCC)OC(C)C. The van der Waals surface area contributed by atoms with Gasteiger partial charge in [-0.2, -0.15) is 0 Å². The van der Waals surface area contributed by atoms with Gasteiger partial charge in [0.15, 0.2) is 0 Å². The van der Waals surface area contributed by atoms with Gasteiger partial charge in [0.05, 0.1) is 18.3 Å². The van der Waals surface area contributed by atoms with Crippen molar-refractivity contribution in [1.82, 2.24) is 0 Å². The average molecular weight is 188 g/mol. The van der Waals surface area contributed by atoms with Gasteiger partial charge >= 0.3 is 0 Å². The lowest BCUT2D eigenvalue weighted by molar-refractivity contribution is -0.0711. The molecule has 0 rings (SSSR count). The van der Waals surface area contributed by atoms with Crippen molar-refractivity contribution in [3.05, 3.63) is 0 Å². The summed E-state index contributed by atoms with van der Waals surface area (Å²) in [5.41, 5.74) is 0. The first-order chi connectivity index (χ1) is 6.11. The lowest BCUT2D eigenvalue weighted by Gasteiger charge is -2.24. The molecule has 0 saturated carbocycles. The fourth-order valence-electron chi connectivity index (χ4n) is 1.47. The quantitative estimate of drug-likeness (QED) is 0.665. The lowest BCUT2D eigenvalue weighted by Crippen LogP contribution is -2.31. The van der Waals surface area contributed by atoms with Gasteiger partial charge in [0.1, 0.15) is 0 Å². The van der Waals surface area contributed by atoms with Crippen LogP contribution in [0.5, 0.6) is 0 Å². The topological polar surface area (TPSA) is 29.5 Å². The molecule has 0 aromatic rings. The van der Waals surface area contributed by atoms with Crippen molar-refractivity contribution >= 4 is 0 Å². The number of aliphatic hydroxyl groups excluding tert-OH is 1. The van der Waals surface area contributed by atoms with Crippen molar-refractivity contribution < 1.29 is 9.84 Å². The Morgan fingerprint density at radius 3 is 2.00 bits per heavy atom. The minimum atomic E-state index is -0.285. The van der Waals surface area contributed by atoms with Gasteiger partial charge in [-0.25, -0.2) is 0 Å². The first kappa shape index (κ1) is 12.9. The summed E-state index contributed by atoms with van der Waals surface area (Å²) in [5, 5.41) is 9.76. The molecule has 80 valence electrons. The Bertz CT molecular complexity index is 113. The van der Waals surface area contributed by atoms with Crippen LogP contribution < -0.4 is 0 Å². The maximum absolute atomic E-state index is 9.76. The summed E-state index contributed by atoms with van der Waals surface area (Å²) in [7, 11) is 0. The summed E-state index contributed by atoms with van der Waals surface area (Å²) in [4.78, 5) is 0. The highest BCUT2D eigenvalue weighted by Crippen LogP contribution is 2.13. The van der Waals surface area contributed by atoms with Crippen molar-refractivity contribution in [2.75, 3.05) is 0 Å². The maximum atomic E-state index is 9.76. The van der Waals surface area contributed by atoms with Crippen LogP contribution in [0.15, 0.2) is 0 Å². The Morgan fingerprint density at radius 2 is 1.62 bits per heavy atom. The molecule has 0 radical (unpaired) electrons. The van der Waals surface area contributed by atoms with Crippen molar-refractivity contribution in [1.29, 1.82) is 0 Å². The standard InChI is InChI=1S/C11H24O2/c1-5-7-10(12)11(8-6-2)13-9(3)4/h9-12H,5-8H2,1-4H3. The van der Waals surface area contributed by atoms with Crippen LogP contribution in [-0.2, 0) is 4.74 Å². The number of hydrogen-bond acceptors (Lipinski definition) is 2. The van der Waals surface area contributed by atoms with E-state index in [9.17, 15) is 5.11 Å². The predicted molar refractivity (Wildman–Crippen MR) is 55.8 cm³/mol. The van der Waals surface area contributed by atoms with E-state index in [4.69, 9.17) is 4.74 Å². The molecule has 0 heterocycles. The van der Waals surface area contributed by atoms with Crippen LogP contribution in [0.3, 0.4) is 0 Å². The van der Waals surface area contributed by atoms with Gasteiger partial charge in [-0.05, 0) is 26.7 Å². The highest BCUT2D eigenvalue weighted by molar-refractivity contribution is 4.69. The zero-order valence-electron chi connectivity index (χ0n) is 9.42. The van der Waals surface area contributed by atoms with Crippen LogP contribution in [-0.4, -0.2) is 23.4 Å². The molecule has 2 heteroatoms. The van der Waals surface area contributed by atoms with Gasteiger partial charge in [-0.3, -0.25) is 0 Å². The number of hydrogen-bond donors (Lipinski definition) is 1. The van der Waals surface area contributed by atoms with Crippen molar-refractivity contribution in [2.24, 2.45) is 0 Å². The smallest absolute Gasteiger partial charge is 0.0837 e. The minimum Gasteiger partial charge on any atom is -0.390 e. The second-order valence-corrected chi connectivity index (χ2v) is 3.87. The van der Waals surface area contributed by atoms with E-state index in [0.717, 1.165) is 25.7 Å². The van der Waals surface area contributed by atoms with Crippen LogP contribution in [0.2, 0.25) is 0 Å². The highest BCUT2D eigenvalue weighted by Gasteiger charge is 2.18. The predicted octanol–water partition coefficient (Wildman–Crippen LogP) is 2.74. The van der Waals surface area contributed by atoms with Crippen LogP contribution in [0.25, 0.3) is 0 Å². The third-order valence-corrected chi connectivity index (χ3v) is 2.03. The minimum absolute atomic E-state index is 0.0324. The molecule has 0 spiro atoms. The molecule has 0 amide bonds. The van der Waals surface area contributed by atoms with Gasteiger partial charge in [0, 0.05) is 0 Å². The molecular formula is C11H24O2. The third kappa shape index (κ3) is 6.05. The van der Waals surface area contributed by atoms with E-state index in [2.05, 4.69) is 13.8 Å². The molecular weight excluding hydrogens is 164 g/mol. The van der Waals surface area contributed by atoms with Crippen LogP contribution in [0.4, 0.5) is 0 Å². The summed E-state index contributed by atoms with van der Waals surface area (Å²) in [5.74, 6) is 0.